The van der Waals surface area contributed by atoms with E-state index in [-0.39, 0.29) is 11.9 Å². The molecule has 1 heterocycles. The van der Waals surface area contributed by atoms with Crippen LogP contribution < -0.4 is 5.32 Å². The van der Waals surface area contributed by atoms with Crippen LogP contribution in [0.25, 0.3) is 0 Å². The Kier molecular flexibility index (Phi) is 4.69. The summed E-state index contributed by atoms with van der Waals surface area (Å²) in [6.07, 6.45) is 2.61. The fraction of sp³-hybridized carbons (Fsp3) is 0.154. The van der Waals surface area contributed by atoms with Crippen molar-refractivity contribution in [2.24, 2.45) is 0 Å². The van der Waals surface area contributed by atoms with Crippen molar-refractivity contribution in [1.29, 1.82) is 0 Å². The van der Waals surface area contributed by atoms with Gasteiger partial charge in [-0.25, -0.2) is 14.8 Å². The van der Waals surface area contributed by atoms with Gasteiger partial charge < -0.3 is 10.1 Å². The van der Waals surface area contributed by atoms with Gasteiger partial charge in [-0.15, -0.1) is 0 Å². The normalized spacial score (nSPS) is 9.95. The third kappa shape index (κ3) is 4.56. The van der Waals surface area contributed by atoms with Crippen LogP contribution in [0.5, 0.6) is 0 Å². The maximum absolute atomic E-state index is 11.5. The molecule has 2 rings (SSSR count). The fourth-order valence-electron chi connectivity index (χ4n) is 1.38. The Labute approximate surface area is 115 Å². The number of alkyl carbamates (subject to hydrolysis) is 1. The summed E-state index contributed by atoms with van der Waals surface area (Å²) in [4.78, 5) is 19.1. The number of nitrogens with zero attached hydrogens (tertiary/aromatic N) is 2. The van der Waals surface area contributed by atoms with Gasteiger partial charge in [0, 0.05) is 24.5 Å². The van der Waals surface area contributed by atoms with Crippen molar-refractivity contribution in [3.05, 3.63) is 59.1 Å². The molecule has 0 aliphatic heterocycles. The number of hydrogen-bond donors (Lipinski definition) is 1. The molecule has 98 valence electrons. The van der Waals surface area contributed by atoms with E-state index < -0.39 is 6.09 Å². The predicted octanol–water partition coefficient (Wildman–Crippen LogP) is 2.56. The Balaban J connectivity index is 1.74. The van der Waals surface area contributed by atoms with Crippen molar-refractivity contribution in [1.82, 2.24) is 15.3 Å². The first-order valence-corrected chi connectivity index (χ1v) is 6.03. The maximum atomic E-state index is 11.5. The van der Waals surface area contributed by atoms with Crippen molar-refractivity contribution >= 4 is 17.7 Å². The summed E-state index contributed by atoms with van der Waals surface area (Å²) in [7, 11) is 0. The number of rotatable bonds is 4. The van der Waals surface area contributed by atoms with Crippen molar-refractivity contribution in [2.45, 2.75) is 13.2 Å². The third-order valence-electron chi connectivity index (χ3n) is 2.32. The zero-order valence-electron chi connectivity index (χ0n) is 10.0. The summed E-state index contributed by atoms with van der Waals surface area (Å²) in [6.45, 7) is 0.536. The highest BCUT2D eigenvalue weighted by molar-refractivity contribution is 6.28. The van der Waals surface area contributed by atoms with Crippen molar-refractivity contribution < 1.29 is 9.53 Å². The number of carbonyl (C=O) groups excluding carboxylic acids is 1. The largest absolute Gasteiger partial charge is 0.445 e. The fourth-order valence-corrected chi connectivity index (χ4v) is 1.48. The van der Waals surface area contributed by atoms with Crippen LogP contribution in [-0.4, -0.2) is 16.1 Å². The lowest BCUT2D eigenvalue weighted by Gasteiger charge is -2.06. The number of ether oxygens (including phenoxy) is 1. The van der Waals surface area contributed by atoms with E-state index in [1.807, 2.05) is 30.3 Å². The minimum absolute atomic E-state index is 0.176. The summed E-state index contributed by atoms with van der Waals surface area (Å²) in [6, 6.07) is 9.47. The summed E-state index contributed by atoms with van der Waals surface area (Å²) >= 11 is 5.56. The highest BCUT2D eigenvalue weighted by atomic mass is 35.5. The Morgan fingerprint density at radius 3 is 2.53 bits per heavy atom. The molecule has 0 fully saturated rings. The van der Waals surface area contributed by atoms with E-state index in [4.69, 9.17) is 16.3 Å². The molecule has 0 spiro atoms. The van der Waals surface area contributed by atoms with E-state index >= 15 is 0 Å². The van der Waals surface area contributed by atoms with Gasteiger partial charge >= 0.3 is 6.09 Å². The molecule has 5 nitrogen and oxygen atoms in total. The molecule has 0 atom stereocenters. The van der Waals surface area contributed by atoms with Gasteiger partial charge in [-0.1, -0.05) is 30.3 Å². The lowest BCUT2D eigenvalue weighted by molar-refractivity contribution is 0.139. The smallest absolute Gasteiger partial charge is 0.407 e. The first-order chi connectivity index (χ1) is 9.24. The number of nitrogens with one attached hydrogen (secondary N) is 1. The van der Waals surface area contributed by atoms with E-state index in [1.165, 1.54) is 0 Å². The average molecular weight is 278 g/mol. The second-order valence-electron chi connectivity index (χ2n) is 3.78. The molecule has 1 amide bonds. The van der Waals surface area contributed by atoms with Crippen LogP contribution in [-0.2, 0) is 17.9 Å². The molecule has 1 aromatic heterocycles. The minimum atomic E-state index is -0.487. The van der Waals surface area contributed by atoms with Crippen LogP contribution in [0.15, 0.2) is 42.7 Å². The number of amides is 1. The van der Waals surface area contributed by atoms with Gasteiger partial charge in [0.05, 0.1) is 0 Å². The van der Waals surface area contributed by atoms with Crippen molar-refractivity contribution in [3.8, 4) is 0 Å². The van der Waals surface area contributed by atoms with Gasteiger partial charge in [-0.05, 0) is 17.2 Å². The lowest BCUT2D eigenvalue weighted by Crippen LogP contribution is -2.23. The van der Waals surface area contributed by atoms with E-state index in [0.29, 0.717) is 6.54 Å². The van der Waals surface area contributed by atoms with Crippen LogP contribution in [0.3, 0.4) is 0 Å². The summed E-state index contributed by atoms with van der Waals surface area (Å²) in [5.41, 5.74) is 1.69. The van der Waals surface area contributed by atoms with Crippen LogP contribution in [0, 0.1) is 0 Å². The second kappa shape index (κ2) is 6.70. The lowest BCUT2D eigenvalue weighted by atomic mass is 10.2. The van der Waals surface area contributed by atoms with Crippen LogP contribution in [0.2, 0.25) is 5.28 Å². The SMILES string of the molecule is O=C(NCc1cnc(Cl)nc1)OCc1ccccc1. The molecule has 0 radical (unpaired) electrons. The Hall–Kier alpha value is -2.14. The Bertz CT molecular complexity index is 531. The highest BCUT2D eigenvalue weighted by Crippen LogP contribution is 2.02. The summed E-state index contributed by atoms with van der Waals surface area (Å²) < 4.78 is 5.06. The molecule has 0 unspecified atom stereocenters. The van der Waals surface area contributed by atoms with Gasteiger partial charge in [0.1, 0.15) is 6.61 Å². The second-order valence-corrected chi connectivity index (χ2v) is 4.11. The van der Waals surface area contributed by atoms with E-state index in [9.17, 15) is 4.79 Å². The molecule has 1 aromatic carbocycles. The topological polar surface area (TPSA) is 64.1 Å². The first kappa shape index (κ1) is 13.3. The van der Waals surface area contributed by atoms with Gasteiger partial charge in [-0.2, -0.15) is 0 Å². The van der Waals surface area contributed by atoms with Gasteiger partial charge in [0.15, 0.2) is 0 Å². The zero-order chi connectivity index (χ0) is 13.5. The highest BCUT2D eigenvalue weighted by Gasteiger charge is 2.03. The predicted molar refractivity (Wildman–Crippen MR) is 70.5 cm³/mol. The molecule has 0 aliphatic carbocycles. The van der Waals surface area contributed by atoms with Crippen molar-refractivity contribution in [3.63, 3.8) is 0 Å². The summed E-state index contributed by atoms with van der Waals surface area (Å²) in [5, 5.41) is 2.78. The molecular weight excluding hydrogens is 266 g/mol. The number of carbonyl (C=O) groups is 1. The van der Waals surface area contributed by atoms with Gasteiger partial charge in [0.25, 0.3) is 0 Å². The van der Waals surface area contributed by atoms with E-state index in [2.05, 4.69) is 15.3 Å². The molecule has 19 heavy (non-hydrogen) atoms. The average Bonchev–Trinajstić information content (AvgIpc) is 2.45. The molecule has 1 N–H and O–H groups in total. The quantitative estimate of drug-likeness (QED) is 0.873. The van der Waals surface area contributed by atoms with Crippen LogP contribution in [0.4, 0.5) is 4.79 Å². The molecule has 0 aliphatic rings. The number of halogens is 1. The molecule has 2 aromatic rings. The maximum Gasteiger partial charge on any atom is 0.407 e. The van der Waals surface area contributed by atoms with Gasteiger partial charge in [0.2, 0.25) is 5.28 Å². The number of benzene rings is 1. The number of hydrogen-bond acceptors (Lipinski definition) is 4. The van der Waals surface area contributed by atoms with Crippen LogP contribution in [0.1, 0.15) is 11.1 Å². The standard InChI is InChI=1S/C13H12ClN3O2/c14-12-15-6-11(7-16-12)8-17-13(18)19-9-10-4-2-1-3-5-10/h1-7H,8-9H2,(H,17,18). The number of aromatic nitrogens is 2. The van der Waals surface area contributed by atoms with Crippen molar-refractivity contribution in [2.75, 3.05) is 0 Å². The molecule has 0 bridgehead atoms. The minimum Gasteiger partial charge on any atom is -0.445 e. The Morgan fingerprint density at radius 2 is 1.84 bits per heavy atom. The monoisotopic (exact) mass is 277 g/mol. The molecule has 0 saturated heterocycles. The third-order valence-corrected chi connectivity index (χ3v) is 2.52. The summed E-state index contributed by atoms with van der Waals surface area (Å²) in [5.74, 6) is 0. The van der Waals surface area contributed by atoms with Crippen LogP contribution >= 0.6 is 11.6 Å². The van der Waals surface area contributed by atoms with E-state index in [1.54, 1.807) is 12.4 Å². The first-order valence-electron chi connectivity index (χ1n) is 5.65. The van der Waals surface area contributed by atoms with E-state index in [0.717, 1.165) is 11.1 Å². The van der Waals surface area contributed by atoms with Gasteiger partial charge in [-0.3, -0.25) is 0 Å². The Morgan fingerprint density at radius 1 is 1.16 bits per heavy atom. The molecule has 6 heteroatoms. The zero-order valence-corrected chi connectivity index (χ0v) is 10.8. The molecule has 0 saturated carbocycles. The molecular formula is C13H12ClN3O2.